The number of rotatable bonds is 3. The number of hydrogen-bond acceptors (Lipinski definition) is 3. The van der Waals surface area contributed by atoms with E-state index in [9.17, 15) is 5.11 Å². The number of phenolic OH excluding ortho intramolecular Hbond substituents is 1. The number of halogens is 1. The molecule has 0 heterocycles. The minimum atomic E-state index is 0.262. The van der Waals surface area contributed by atoms with Crippen molar-refractivity contribution in [3.8, 4) is 5.75 Å². The van der Waals surface area contributed by atoms with Crippen LogP contribution in [0.2, 0.25) is 5.02 Å². The Morgan fingerprint density at radius 3 is 2.44 bits per heavy atom. The van der Waals surface area contributed by atoms with E-state index in [1.54, 1.807) is 18.2 Å². The average Bonchev–Trinajstić information content (AvgIpc) is 2.33. The maximum atomic E-state index is 9.25. The molecular weight excluding hydrogens is 248 g/mol. The van der Waals surface area contributed by atoms with Gasteiger partial charge in [-0.1, -0.05) is 17.7 Å². The second-order valence-corrected chi connectivity index (χ2v) is 4.63. The van der Waals surface area contributed by atoms with Gasteiger partial charge in [-0.25, -0.2) is 0 Å². The third-order valence-corrected chi connectivity index (χ3v) is 3.13. The van der Waals surface area contributed by atoms with Crippen LogP contribution >= 0.6 is 11.6 Å². The topological polar surface area (TPSA) is 49.5 Å². The Hall–Kier alpha value is -1.87. The Balaban J connectivity index is 2.15. The summed E-state index contributed by atoms with van der Waals surface area (Å²) in [7, 11) is 1.97. The number of nitrogens with zero attached hydrogens (tertiary/aromatic N) is 1. The van der Waals surface area contributed by atoms with Gasteiger partial charge >= 0.3 is 0 Å². The maximum Gasteiger partial charge on any atom is 0.115 e. The van der Waals surface area contributed by atoms with Crippen molar-refractivity contribution < 1.29 is 5.11 Å². The molecule has 0 atom stereocenters. The first-order valence-electron chi connectivity index (χ1n) is 5.60. The molecule has 3 N–H and O–H groups in total. The van der Waals surface area contributed by atoms with E-state index in [0.717, 1.165) is 11.3 Å². The van der Waals surface area contributed by atoms with Crippen LogP contribution in [0.5, 0.6) is 5.75 Å². The Kier molecular flexibility index (Phi) is 3.63. The standard InChI is InChI=1S/C14H15ClN2O/c1-17(12-4-6-13(18)7-5-12)9-10-2-3-11(16)8-14(10)15/h2-8,18H,9,16H2,1H3. The molecule has 0 saturated carbocycles. The van der Waals surface area contributed by atoms with Crippen LogP contribution in [0.1, 0.15) is 5.56 Å². The van der Waals surface area contributed by atoms with Gasteiger partial charge in [0, 0.05) is 30.0 Å². The molecule has 0 aliphatic carbocycles. The predicted octanol–water partition coefficient (Wildman–Crippen LogP) is 3.26. The maximum absolute atomic E-state index is 9.25. The Morgan fingerprint density at radius 1 is 1.17 bits per heavy atom. The lowest BCUT2D eigenvalue weighted by atomic mass is 10.2. The second-order valence-electron chi connectivity index (χ2n) is 4.22. The molecule has 3 nitrogen and oxygen atoms in total. The highest BCUT2D eigenvalue weighted by atomic mass is 35.5. The Labute approximate surface area is 111 Å². The molecule has 0 radical (unpaired) electrons. The van der Waals surface area contributed by atoms with Crippen molar-refractivity contribution in [1.82, 2.24) is 0 Å². The molecule has 2 aromatic carbocycles. The highest BCUT2D eigenvalue weighted by Crippen LogP contribution is 2.23. The lowest BCUT2D eigenvalue weighted by Crippen LogP contribution is -2.16. The number of benzene rings is 2. The van der Waals surface area contributed by atoms with Crippen molar-refractivity contribution in [2.45, 2.75) is 6.54 Å². The summed E-state index contributed by atoms with van der Waals surface area (Å²) in [5, 5.41) is 9.92. The van der Waals surface area contributed by atoms with Gasteiger partial charge in [0.2, 0.25) is 0 Å². The third-order valence-electron chi connectivity index (χ3n) is 2.78. The van der Waals surface area contributed by atoms with Gasteiger partial charge in [-0.15, -0.1) is 0 Å². The highest BCUT2D eigenvalue weighted by Gasteiger charge is 2.06. The summed E-state index contributed by atoms with van der Waals surface area (Å²) in [6.45, 7) is 0.684. The molecule has 2 aromatic rings. The zero-order valence-electron chi connectivity index (χ0n) is 10.1. The van der Waals surface area contributed by atoms with Crippen molar-refractivity contribution in [3.05, 3.63) is 53.1 Å². The molecule has 0 aromatic heterocycles. The van der Waals surface area contributed by atoms with Crippen LogP contribution in [-0.4, -0.2) is 12.2 Å². The lowest BCUT2D eigenvalue weighted by molar-refractivity contribution is 0.475. The average molecular weight is 263 g/mol. The normalized spacial score (nSPS) is 10.3. The smallest absolute Gasteiger partial charge is 0.115 e. The molecular formula is C14H15ClN2O. The van der Waals surface area contributed by atoms with Gasteiger partial charge in [0.25, 0.3) is 0 Å². The fourth-order valence-electron chi connectivity index (χ4n) is 1.75. The molecule has 0 aliphatic heterocycles. The molecule has 94 valence electrons. The Bertz CT molecular complexity index is 540. The molecule has 18 heavy (non-hydrogen) atoms. The number of anilines is 2. The van der Waals surface area contributed by atoms with E-state index in [2.05, 4.69) is 4.90 Å². The van der Waals surface area contributed by atoms with E-state index in [1.807, 2.05) is 31.3 Å². The summed E-state index contributed by atoms with van der Waals surface area (Å²) in [5.41, 5.74) is 8.35. The van der Waals surface area contributed by atoms with Crippen molar-refractivity contribution >= 4 is 23.0 Å². The third kappa shape index (κ3) is 2.87. The van der Waals surface area contributed by atoms with Crippen molar-refractivity contribution in [2.75, 3.05) is 17.7 Å². The Morgan fingerprint density at radius 2 is 1.83 bits per heavy atom. The van der Waals surface area contributed by atoms with Crippen LogP contribution in [0.3, 0.4) is 0 Å². The molecule has 2 rings (SSSR count). The van der Waals surface area contributed by atoms with E-state index >= 15 is 0 Å². The van der Waals surface area contributed by atoms with Crippen LogP contribution < -0.4 is 10.6 Å². The molecule has 4 heteroatoms. The van der Waals surface area contributed by atoms with Gasteiger partial charge in [0.15, 0.2) is 0 Å². The number of phenols is 1. The van der Waals surface area contributed by atoms with Gasteiger partial charge in [-0.3, -0.25) is 0 Å². The molecule has 0 aliphatic rings. The summed E-state index contributed by atoms with van der Waals surface area (Å²) >= 11 is 6.14. The fraction of sp³-hybridized carbons (Fsp3) is 0.143. The monoisotopic (exact) mass is 262 g/mol. The largest absolute Gasteiger partial charge is 0.508 e. The first kappa shape index (κ1) is 12.6. The van der Waals surface area contributed by atoms with E-state index < -0.39 is 0 Å². The number of nitrogen functional groups attached to an aromatic ring is 1. The zero-order valence-corrected chi connectivity index (χ0v) is 10.9. The van der Waals surface area contributed by atoms with Crippen LogP contribution in [0.25, 0.3) is 0 Å². The van der Waals surface area contributed by atoms with Crippen LogP contribution in [-0.2, 0) is 6.54 Å². The van der Waals surface area contributed by atoms with E-state index in [1.165, 1.54) is 0 Å². The highest BCUT2D eigenvalue weighted by molar-refractivity contribution is 6.31. The fourth-order valence-corrected chi connectivity index (χ4v) is 1.99. The summed E-state index contributed by atoms with van der Waals surface area (Å²) in [6.07, 6.45) is 0. The first-order valence-corrected chi connectivity index (χ1v) is 5.98. The van der Waals surface area contributed by atoms with E-state index in [0.29, 0.717) is 17.3 Å². The summed E-state index contributed by atoms with van der Waals surface area (Å²) in [6, 6.07) is 12.6. The van der Waals surface area contributed by atoms with Gasteiger partial charge in [0.05, 0.1) is 0 Å². The first-order chi connectivity index (χ1) is 8.56. The van der Waals surface area contributed by atoms with Gasteiger partial charge in [-0.2, -0.15) is 0 Å². The second kappa shape index (κ2) is 5.19. The van der Waals surface area contributed by atoms with Crippen molar-refractivity contribution in [2.24, 2.45) is 0 Å². The van der Waals surface area contributed by atoms with Crippen LogP contribution in [0.4, 0.5) is 11.4 Å². The zero-order chi connectivity index (χ0) is 13.1. The van der Waals surface area contributed by atoms with E-state index in [-0.39, 0.29) is 5.75 Å². The number of nitrogens with two attached hydrogens (primary N) is 1. The molecule has 0 bridgehead atoms. The van der Waals surface area contributed by atoms with Gasteiger partial charge in [-0.05, 0) is 42.0 Å². The SMILES string of the molecule is CN(Cc1ccc(N)cc1Cl)c1ccc(O)cc1. The van der Waals surface area contributed by atoms with Crippen LogP contribution in [0, 0.1) is 0 Å². The minimum Gasteiger partial charge on any atom is -0.508 e. The molecule has 0 fully saturated rings. The molecule has 0 spiro atoms. The van der Waals surface area contributed by atoms with E-state index in [4.69, 9.17) is 17.3 Å². The predicted molar refractivity (Wildman–Crippen MR) is 76.1 cm³/mol. The van der Waals surface area contributed by atoms with Crippen molar-refractivity contribution in [3.63, 3.8) is 0 Å². The molecule has 0 amide bonds. The minimum absolute atomic E-state index is 0.262. The van der Waals surface area contributed by atoms with Gasteiger partial charge in [0.1, 0.15) is 5.75 Å². The summed E-state index contributed by atoms with van der Waals surface area (Å²) in [4.78, 5) is 2.05. The van der Waals surface area contributed by atoms with Gasteiger partial charge < -0.3 is 15.7 Å². The number of hydrogen-bond donors (Lipinski definition) is 2. The molecule has 0 unspecified atom stereocenters. The lowest BCUT2D eigenvalue weighted by Gasteiger charge is -2.20. The number of aromatic hydroxyl groups is 1. The van der Waals surface area contributed by atoms with Crippen molar-refractivity contribution in [1.29, 1.82) is 0 Å². The van der Waals surface area contributed by atoms with Crippen LogP contribution in [0.15, 0.2) is 42.5 Å². The summed E-state index contributed by atoms with van der Waals surface area (Å²) < 4.78 is 0. The molecule has 0 saturated heterocycles. The summed E-state index contributed by atoms with van der Waals surface area (Å²) in [5.74, 6) is 0.262. The quantitative estimate of drug-likeness (QED) is 0.835.